The molecule has 7 heteroatoms. The molecule has 0 saturated heterocycles. The Morgan fingerprint density at radius 1 is 1.22 bits per heavy atom. The van der Waals surface area contributed by atoms with Gasteiger partial charge in [-0.2, -0.15) is 0 Å². The molecule has 0 spiro atoms. The van der Waals surface area contributed by atoms with Crippen LogP contribution in [0.15, 0.2) is 54.4 Å². The van der Waals surface area contributed by atoms with Crippen molar-refractivity contribution in [2.45, 2.75) is 45.3 Å². The molecule has 166 valence electrons. The summed E-state index contributed by atoms with van der Waals surface area (Å²) in [7, 11) is 0. The van der Waals surface area contributed by atoms with Gasteiger partial charge in [0, 0.05) is 59.7 Å². The Bertz CT molecular complexity index is 1190. The number of pyridine rings is 1. The van der Waals surface area contributed by atoms with Gasteiger partial charge in [-0.25, -0.2) is 9.78 Å². The number of carbonyl (C=O) groups excluding carboxylic acids is 1. The second kappa shape index (κ2) is 7.89. The first-order valence-electron chi connectivity index (χ1n) is 11.1. The van der Waals surface area contributed by atoms with Crippen LogP contribution < -0.4 is 10.6 Å². The summed E-state index contributed by atoms with van der Waals surface area (Å²) in [6.07, 6.45) is 7.41. The van der Waals surface area contributed by atoms with Crippen LogP contribution in [0.5, 0.6) is 0 Å². The predicted octanol–water partition coefficient (Wildman–Crippen LogP) is 5.21. The summed E-state index contributed by atoms with van der Waals surface area (Å²) in [5, 5.41) is 8.36. The second-order valence-electron chi connectivity index (χ2n) is 9.41. The number of nitrogens with one attached hydrogen (secondary N) is 3. The average molecular weight is 432 g/mol. The molecule has 3 N–H and O–H groups in total. The van der Waals surface area contributed by atoms with Gasteiger partial charge in [-0.1, -0.05) is 12.1 Å². The number of nitrogens with zero attached hydrogens (tertiary/aromatic N) is 2. The van der Waals surface area contributed by atoms with Crippen molar-refractivity contribution in [1.82, 2.24) is 14.9 Å². The van der Waals surface area contributed by atoms with Crippen molar-refractivity contribution in [2.75, 3.05) is 23.7 Å². The molecule has 0 aliphatic carbocycles. The molecule has 4 heterocycles. The molecule has 1 amide bonds. The number of hydrogen-bond acceptors (Lipinski definition) is 5. The number of benzene rings is 1. The molecule has 0 saturated carbocycles. The Hall–Kier alpha value is -3.48. The van der Waals surface area contributed by atoms with Gasteiger partial charge in [0.2, 0.25) is 0 Å². The Morgan fingerprint density at radius 2 is 2.09 bits per heavy atom. The van der Waals surface area contributed by atoms with Crippen LogP contribution in [0.3, 0.4) is 0 Å². The fourth-order valence-electron chi connectivity index (χ4n) is 4.42. The molecule has 5 rings (SSSR count). The molecular formula is C25H29N5O2. The monoisotopic (exact) mass is 431 g/mol. The third-order valence-corrected chi connectivity index (χ3v) is 5.98. The molecule has 0 fully saturated rings. The smallest absolute Gasteiger partial charge is 0.410 e. The highest BCUT2D eigenvalue weighted by Crippen LogP contribution is 2.36. The zero-order valence-electron chi connectivity index (χ0n) is 18.7. The molecule has 0 bridgehead atoms. The molecule has 2 aliphatic rings. The maximum atomic E-state index is 12.4. The third kappa shape index (κ3) is 4.02. The van der Waals surface area contributed by atoms with Crippen LogP contribution in [0.1, 0.15) is 32.8 Å². The molecule has 2 aromatic heterocycles. The van der Waals surface area contributed by atoms with Gasteiger partial charge in [0.1, 0.15) is 11.4 Å². The van der Waals surface area contributed by atoms with Crippen LogP contribution in [0.25, 0.3) is 10.9 Å². The summed E-state index contributed by atoms with van der Waals surface area (Å²) in [5.41, 5.74) is 5.30. The van der Waals surface area contributed by atoms with E-state index in [0.717, 1.165) is 40.9 Å². The van der Waals surface area contributed by atoms with Gasteiger partial charge in [0.15, 0.2) is 0 Å². The van der Waals surface area contributed by atoms with E-state index in [9.17, 15) is 4.79 Å². The number of rotatable bonds is 3. The van der Waals surface area contributed by atoms with Crippen molar-refractivity contribution in [3.63, 3.8) is 0 Å². The summed E-state index contributed by atoms with van der Waals surface area (Å²) >= 11 is 0. The Labute approximate surface area is 187 Å². The minimum Gasteiger partial charge on any atom is -0.444 e. The maximum Gasteiger partial charge on any atom is 0.410 e. The number of ether oxygens (including phenoxy) is 1. The quantitative estimate of drug-likeness (QED) is 0.496. The van der Waals surface area contributed by atoms with Gasteiger partial charge < -0.3 is 25.3 Å². The van der Waals surface area contributed by atoms with Crippen LogP contribution >= 0.6 is 0 Å². The van der Waals surface area contributed by atoms with E-state index in [4.69, 9.17) is 4.74 Å². The molecule has 7 nitrogen and oxygen atoms in total. The standard InChI is InChI=1S/C25H29N5O2/c1-25(2,3)32-24(31)30-13-9-16(10-14-30)22-15-18-21(8-12-27-23(18)29-22)28-20-6-4-5-19-17(20)7-11-26-19/h4-9,11-12,22,26H,10,13-15H2,1-3H3,(H2,27,28,29). The fourth-order valence-corrected chi connectivity index (χ4v) is 4.42. The molecular weight excluding hydrogens is 402 g/mol. The van der Waals surface area contributed by atoms with E-state index in [1.54, 1.807) is 4.90 Å². The number of amides is 1. The zero-order valence-corrected chi connectivity index (χ0v) is 18.7. The van der Waals surface area contributed by atoms with Crippen molar-refractivity contribution in [3.8, 4) is 0 Å². The van der Waals surface area contributed by atoms with Gasteiger partial charge in [0.25, 0.3) is 0 Å². The fraction of sp³-hybridized carbons (Fsp3) is 0.360. The molecule has 1 aromatic carbocycles. The van der Waals surface area contributed by atoms with E-state index in [-0.39, 0.29) is 12.1 Å². The maximum absolute atomic E-state index is 12.4. The lowest BCUT2D eigenvalue weighted by atomic mass is 9.97. The summed E-state index contributed by atoms with van der Waals surface area (Å²) < 4.78 is 5.51. The van der Waals surface area contributed by atoms with Crippen LogP contribution in [-0.2, 0) is 11.2 Å². The lowest BCUT2D eigenvalue weighted by Crippen LogP contribution is -2.40. The Balaban J connectivity index is 1.30. The first kappa shape index (κ1) is 20.4. The predicted molar refractivity (Wildman–Crippen MR) is 127 cm³/mol. The molecule has 1 unspecified atom stereocenters. The van der Waals surface area contributed by atoms with Gasteiger partial charge in [-0.3, -0.25) is 0 Å². The highest BCUT2D eigenvalue weighted by molar-refractivity contribution is 5.94. The summed E-state index contributed by atoms with van der Waals surface area (Å²) in [6, 6.07) is 10.5. The minimum absolute atomic E-state index is 0.198. The van der Waals surface area contributed by atoms with Gasteiger partial charge in [-0.05, 0) is 57.0 Å². The van der Waals surface area contributed by atoms with E-state index >= 15 is 0 Å². The molecule has 3 aromatic rings. The lowest BCUT2D eigenvalue weighted by molar-refractivity contribution is 0.0265. The number of carbonyl (C=O) groups is 1. The van der Waals surface area contributed by atoms with Crippen LogP contribution in [-0.4, -0.2) is 45.7 Å². The molecule has 32 heavy (non-hydrogen) atoms. The Morgan fingerprint density at radius 3 is 2.88 bits per heavy atom. The third-order valence-electron chi connectivity index (χ3n) is 5.98. The van der Waals surface area contributed by atoms with Gasteiger partial charge in [0.05, 0.1) is 6.04 Å². The number of hydrogen-bond donors (Lipinski definition) is 3. The molecule has 0 radical (unpaired) electrons. The largest absolute Gasteiger partial charge is 0.444 e. The summed E-state index contributed by atoms with van der Waals surface area (Å²) in [6.45, 7) is 6.93. The number of aromatic amines is 1. The lowest BCUT2D eigenvalue weighted by Gasteiger charge is -2.31. The van der Waals surface area contributed by atoms with Crippen molar-refractivity contribution in [3.05, 3.63) is 59.9 Å². The topological polar surface area (TPSA) is 82.3 Å². The van der Waals surface area contributed by atoms with E-state index in [1.165, 1.54) is 11.1 Å². The number of H-pyrrole nitrogens is 1. The average Bonchev–Trinajstić information content (AvgIpc) is 3.41. The summed E-state index contributed by atoms with van der Waals surface area (Å²) in [4.78, 5) is 22.0. The number of anilines is 3. The minimum atomic E-state index is -0.477. The molecule has 2 aliphatic heterocycles. The van der Waals surface area contributed by atoms with Crippen molar-refractivity contribution in [2.24, 2.45) is 0 Å². The van der Waals surface area contributed by atoms with Crippen LogP contribution in [0.2, 0.25) is 0 Å². The van der Waals surface area contributed by atoms with Gasteiger partial charge in [-0.15, -0.1) is 0 Å². The zero-order chi connectivity index (χ0) is 22.3. The van der Waals surface area contributed by atoms with E-state index < -0.39 is 5.60 Å². The van der Waals surface area contributed by atoms with Crippen molar-refractivity contribution < 1.29 is 9.53 Å². The first-order valence-corrected chi connectivity index (χ1v) is 11.1. The SMILES string of the molecule is CC(C)(C)OC(=O)N1CC=C(C2Cc3c(Nc4cccc5[nH]ccc45)ccnc3N2)CC1. The number of fused-ring (bicyclic) bond motifs is 2. The van der Waals surface area contributed by atoms with Crippen LogP contribution in [0.4, 0.5) is 22.0 Å². The van der Waals surface area contributed by atoms with E-state index in [2.05, 4.69) is 44.9 Å². The second-order valence-corrected chi connectivity index (χ2v) is 9.41. The Kier molecular flexibility index (Phi) is 5.04. The van der Waals surface area contributed by atoms with E-state index in [1.807, 2.05) is 45.3 Å². The van der Waals surface area contributed by atoms with Crippen molar-refractivity contribution >= 4 is 34.2 Å². The highest BCUT2D eigenvalue weighted by atomic mass is 16.6. The van der Waals surface area contributed by atoms with Crippen LogP contribution in [0, 0.1) is 0 Å². The number of aromatic nitrogens is 2. The van der Waals surface area contributed by atoms with E-state index in [0.29, 0.717) is 13.1 Å². The first-order chi connectivity index (χ1) is 15.4. The van der Waals surface area contributed by atoms with Crippen molar-refractivity contribution in [1.29, 1.82) is 0 Å². The highest BCUT2D eigenvalue weighted by Gasteiger charge is 2.30. The normalized spacial score (nSPS) is 18.2. The molecule has 1 atom stereocenters. The van der Waals surface area contributed by atoms with Gasteiger partial charge >= 0.3 is 6.09 Å². The summed E-state index contributed by atoms with van der Waals surface area (Å²) in [5.74, 6) is 0.928.